The van der Waals surface area contributed by atoms with Crippen molar-refractivity contribution in [3.63, 3.8) is 0 Å². The van der Waals surface area contributed by atoms with E-state index in [-0.39, 0.29) is 5.54 Å². The molecule has 3 nitrogen and oxygen atoms in total. The highest BCUT2D eigenvalue weighted by Crippen LogP contribution is 2.65. The smallest absolute Gasteiger partial charge is 0.197 e. The standard InChI is InChI=1S/C13H24N3/c1-5-8-15-13(2,9-16(4)14-3)12-10-6-7-11(10)12/h8-12,14H,5-7H2,1-4H3/q+1. The third kappa shape index (κ3) is 1.87. The number of hydrazine groups is 1. The molecule has 0 bridgehead atoms. The molecule has 0 saturated heterocycles. The Balaban J connectivity index is 2.15. The molecule has 2 rings (SSSR count). The van der Waals surface area contributed by atoms with Crippen LogP contribution in [0, 0.1) is 17.8 Å². The molecular formula is C13H24N3+. The number of rotatable bonds is 5. The van der Waals surface area contributed by atoms with Gasteiger partial charge in [-0.05, 0) is 50.2 Å². The summed E-state index contributed by atoms with van der Waals surface area (Å²) in [7, 11) is 3.99. The van der Waals surface area contributed by atoms with Crippen molar-refractivity contribution < 1.29 is 4.68 Å². The summed E-state index contributed by atoms with van der Waals surface area (Å²) >= 11 is 0. The molecular weight excluding hydrogens is 198 g/mol. The summed E-state index contributed by atoms with van der Waals surface area (Å²) in [6, 6.07) is 0. The summed E-state index contributed by atoms with van der Waals surface area (Å²) in [6.07, 6.45) is 8.17. The zero-order chi connectivity index (χ0) is 11.8. The lowest BCUT2D eigenvalue weighted by Crippen LogP contribution is -2.36. The Kier molecular flexibility index (Phi) is 3.04. The van der Waals surface area contributed by atoms with Gasteiger partial charge in [-0.2, -0.15) is 0 Å². The van der Waals surface area contributed by atoms with Crippen molar-refractivity contribution in [2.45, 2.75) is 38.6 Å². The van der Waals surface area contributed by atoms with E-state index >= 15 is 0 Å². The van der Waals surface area contributed by atoms with Gasteiger partial charge in [-0.1, -0.05) is 6.92 Å². The lowest BCUT2D eigenvalue weighted by Gasteiger charge is -2.18. The highest BCUT2D eigenvalue weighted by Gasteiger charge is 2.64. The molecule has 0 aromatic heterocycles. The zero-order valence-corrected chi connectivity index (χ0v) is 10.9. The van der Waals surface area contributed by atoms with E-state index in [1.807, 2.05) is 18.8 Å². The number of hydrazone groups is 1. The monoisotopic (exact) mass is 222 g/mol. The van der Waals surface area contributed by atoms with Crippen LogP contribution in [0.3, 0.4) is 0 Å². The van der Waals surface area contributed by atoms with Crippen LogP contribution in [-0.2, 0) is 0 Å². The minimum atomic E-state index is -0.000394. The van der Waals surface area contributed by atoms with Crippen molar-refractivity contribution in [2.24, 2.45) is 22.7 Å². The van der Waals surface area contributed by atoms with E-state index < -0.39 is 0 Å². The predicted octanol–water partition coefficient (Wildman–Crippen LogP) is 1.73. The number of hydrogen-bond acceptors (Lipinski definition) is 2. The van der Waals surface area contributed by atoms with Gasteiger partial charge in [0.25, 0.3) is 0 Å². The average Bonchev–Trinajstić information content (AvgIpc) is 2.77. The molecule has 0 heterocycles. The summed E-state index contributed by atoms with van der Waals surface area (Å²) in [5.74, 6) is 2.70. The van der Waals surface area contributed by atoms with Crippen molar-refractivity contribution >= 4 is 12.4 Å². The molecule has 0 aromatic carbocycles. The van der Waals surface area contributed by atoms with Gasteiger partial charge in [0.15, 0.2) is 13.3 Å². The topological polar surface area (TPSA) is 27.4 Å². The second-order valence-corrected chi connectivity index (χ2v) is 5.34. The predicted molar refractivity (Wildman–Crippen MR) is 68.2 cm³/mol. The second kappa shape index (κ2) is 4.19. The Labute approximate surface area is 98.6 Å². The molecule has 0 radical (unpaired) electrons. The molecule has 0 aliphatic heterocycles. The van der Waals surface area contributed by atoms with E-state index in [1.54, 1.807) is 0 Å². The number of nitrogens with zero attached hydrogens (tertiary/aromatic N) is 2. The molecule has 2 fully saturated rings. The van der Waals surface area contributed by atoms with Gasteiger partial charge in [0.1, 0.15) is 5.54 Å². The summed E-state index contributed by atoms with van der Waals surface area (Å²) in [4.78, 5) is 4.80. The highest BCUT2D eigenvalue weighted by atomic mass is 15.4. The molecule has 3 atom stereocenters. The molecule has 3 unspecified atom stereocenters. The van der Waals surface area contributed by atoms with E-state index in [4.69, 9.17) is 4.99 Å². The Hall–Kier alpha value is -0.860. The minimum Gasteiger partial charge on any atom is -0.280 e. The van der Waals surface area contributed by atoms with Gasteiger partial charge >= 0.3 is 0 Å². The van der Waals surface area contributed by atoms with Crippen LogP contribution in [0.25, 0.3) is 0 Å². The first-order valence-electron chi connectivity index (χ1n) is 6.42. The van der Waals surface area contributed by atoms with E-state index in [9.17, 15) is 0 Å². The Morgan fingerprint density at radius 3 is 2.50 bits per heavy atom. The molecule has 0 aromatic rings. The van der Waals surface area contributed by atoms with Crippen LogP contribution < -0.4 is 5.43 Å². The molecule has 90 valence electrons. The molecule has 1 N–H and O–H groups in total. The van der Waals surface area contributed by atoms with Crippen LogP contribution in [0.4, 0.5) is 0 Å². The van der Waals surface area contributed by atoms with Gasteiger partial charge in [0, 0.05) is 0 Å². The van der Waals surface area contributed by atoms with Crippen molar-refractivity contribution in [1.82, 2.24) is 5.43 Å². The van der Waals surface area contributed by atoms with Crippen LogP contribution >= 0.6 is 0 Å². The highest BCUT2D eigenvalue weighted by molar-refractivity contribution is 5.71. The Bertz CT molecular complexity index is 311. The van der Waals surface area contributed by atoms with Crippen LogP contribution in [0.5, 0.6) is 0 Å². The molecule has 2 saturated carbocycles. The number of fused-ring (bicyclic) bond motifs is 1. The van der Waals surface area contributed by atoms with Crippen LogP contribution in [0.15, 0.2) is 4.99 Å². The van der Waals surface area contributed by atoms with Crippen molar-refractivity contribution in [3.05, 3.63) is 0 Å². The molecule has 16 heavy (non-hydrogen) atoms. The molecule has 0 amide bonds. The van der Waals surface area contributed by atoms with Gasteiger partial charge in [-0.25, -0.2) is 5.43 Å². The number of hydrogen-bond donors (Lipinski definition) is 1. The lowest BCUT2D eigenvalue weighted by atomic mass is 9.96. The number of nitrogens with one attached hydrogen (secondary N) is 1. The van der Waals surface area contributed by atoms with E-state index in [1.165, 1.54) is 12.8 Å². The molecule has 3 heteroatoms. The Morgan fingerprint density at radius 2 is 2.06 bits per heavy atom. The zero-order valence-electron chi connectivity index (χ0n) is 10.9. The first-order valence-corrected chi connectivity index (χ1v) is 6.42. The fraction of sp³-hybridized carbons (Fsp3) is 0.846. The van der Waals surface area contributed by atoms with Gasteiger partial charge < -0.3 is 0 Å². The summed E-state index contributed by atoms with van der Waals surface area (Å²) in [6.45, 7) is 4.42. The normalized spacial score (nSPS) is 36.5. The van der Waals surface area contributed by atoms with Crippen LogP contribution in [-0.4, -0.2) is 36.7 Å². The van der Waals surface area contributed by atoms with Gasteiger partial charge in [-0.3, -0.25) is 4.99 Å². The van der Waals surface area contributed by atoms with E-state index in [0.29, 0.717) is 0 Å². The lowest BCUT2D eigenvalue weighted by molar-refractivity contribution is -0.552. The fourth-order valence-corrected chi connectivity index (χ4v) is 3.17. The number of aliphatic imine (C=N–C) groups is 1. The van der Waals surface area contributed by atoms with Crippen molar-refractivity contribution in [3.8, 4) is 0 Å². The quantitative estimate of drug-likeness (QED) is 0.428. The summed E-state index contributed by atoms with van der Waals surface area (Å²) in [5.41, 5.74) is 3.13. The van der Waals surface area contributed by atoms with Crippen molar-refractivity contribution in [2.75, 3.05) is 14.1 Å². The molecule has 2 aliphatic rings. The van der Waals surface area contributed by atoms with Crippen molar-refractivity contribution in [1.29, 1.82) is 0 Å². The first kappa shape index (κ1) is 11.6. The Morgan fingerprint density at radius 1 is 1.44 bits per heavy atom. The third-order valence-electron chi connectivity index (χ3n) is 4.20. The maximum absolute atomic E-state index is 4.80. The van der Waals surface area contributed by atoms with Crippen LogP contribution in [0.1, 0.15) is 33.1 Å². The van der Waals surface area contributed by atoms with Gasteiger partial charge in [0.05, 0.1) is 7.05 Å². The van der Waals surface area contributed by atoms with Gasteiger partial charge in [-0.15, -0.1) is 4.68 Å². The minimum absolute atomic E-state index is 0.000394. The fourth-order valence-electron chi connectivity index (χ4n) is 3.17. The molecule has 0 spiro atoms. The third-order valence-corrected chi connectivity index (χ3v) is 4.20. The largest absolute Gasteiger partial charge is 0.280 e. The summed E-state index contributed by atoms with van der Waals surface area (Å²) < 4.78 is 2.03. The maximum Gasteiger partial charge on any atom is 0.197 e. The SMILES string of the molecule is CCC=NC(C)(C=[N+](C)NC)C1C2CCC21. The van der Waals surface area contributed by atoms with E-state index in [2.05, 4.69) is 31.7 Å². The van der Waals surface area contributed by atoms with E-state index in [0.717, 1.165) is 24.2 Å². The first-order chi connectivity index (χ1) is 7.62. The molecule has 2 aliphatic carbocycles. The van der Waals surface area contributed by atoms with Crippen LogP contribution in [0.2, 0.25) is 0 Å². The second-order valence-electron chi connectivity index (χ2n) is 5.34. The maximum atomic E-state index is 4.80. The summed E-state index contributed by atoms with van der Waals surface area (Å²) in [5, 5.41) is 0. The average molecular weight is 222 g/mol. The van der Waals surface area contributed by atoms with Gasteiger partial charge in [0.2, 0.25) is 0 Å².